The second-order valence-electron chi connectivity index (χ2n) is 22.6. The molecule has 0 radical (unpaired) electrons. The molecule has 0 aromatic heterocycles. The van der Waals surface area contributed by atoms with Gasteiger partial charge in [0.05, 0.1) is 29.8 Å². The standard InChI is InChI=1S/C56H86BN5O9/c1-11-13-15-19-45(47(64)33-37(4)57-70-49-35-42-34-48(55(42,8)9)56(49,10)71-57)61-50(65)36(3)32-46(63)44(62-52(67)43(58)29-31-60-53(68)69-54(5,6)7)20-16-17-30-59-51(66)41-27-25-40(26-28-41)39-23-21-38(22-24-39)18-14-12-2/h21-28,36-37,42-45,48-49H,11-20,29-35,58H2,1-10H3,(H,59,66)(H,60,68)(H,61,65)(H,62,67)/t36-,37-,42+,43+,44+,45+,48+,49?,56+/m1/s1. The maximum absolute atomic E-state index is 14.0. The first-order valence-electron chi connectivity index (χ1n) is 26.8. The largest absolute Gasteiger partial charge is 0.461 e. The molecule has 2 aromatic carbocycles. The van der Waals surface area contributed by atoms with Crippen LogP contribution < -0.4 is 27.0 Å². The minimum atomic E-state index is -1.04. The van der Waals surface area contributed by atoms with E-state index >= 15 is 0 Å². The summed E-state index contributed by atoms with van der Waals surface area (Å²) in [6, 6.07) is 13.3. The molecule has 15 heteroatoms. The van der Waals surface area contributed by atoms with Gasteiger partial charge in [0.25, 0.3) is 5.91 Å². The molecule has 6 rings (SSSR count). The number of Topliss-reactive ketones (excluding diaryl/α,β-unsaturated/α-hetero) is 2. The summed E-state index contributed by atoms with van der Waals surface area (Å²) in [6.07, 6.45) is 9.23. The number of unbranched alkanes of at least 4 members (excludes halogenated alkanes) is 4. The molecule has 1 saturated heterocycles. The van der Waals surface area contributed by atoms with Crippen LogP contribution in [0.1, 0.15) is 175 Å². The van der Waals surface area contributed by atoms with Crippen LogP contribution >= 0.6 is 0 Å². The Morgan fingerprint density at radius 2 is 1.34 bits per heavy atom. The highest BCUT2D eigenvalue weighted by atomic mass is 16.7. The van der Waals surface area contributed by atoms with Crippen LogP contribution in [0.5, 0.6) is 0 Å². The highest BCUT2D eigenvalue weighted by Gasteiger charge is 2.68. The highest BCUT2D eigenvalue weighted by molar-refractivity contribution is 6.47. The molecule has 71 heavy (non-hydrogen) atoms. The molecule has 1 unspecified atom stereocenters. The van der Waals surface area contributed by atoms with Crippen LogP contribution in [0.4, 0.5) is 4.79 Å². The number of hydrogen-bond acceptors (Lipinski definition) is 10. The molecule has 392 valence electrons. The van der Waals surface area contributed by atoms with Gasteiger partial charge < -0.3 is 41.0 Å². The van der Waals surface area contributed by atoms with Gasteiger partial charge in [0.2, 0.25) is 11.8 Å². The zero-order valence-corrected chi connectivity index (χ0v) is 44.6. The van der Waals surface area contributed by atoms with Crippen LogP contribution in [0.15, 0.2) is 48.5 Å². The van der Waals surface area contributed by atoms with Gasteiger partial charge in [-0.3, -0.25) is 24.0 Å². The quantitative estimate of drug-likeness (QED) is 0.0404. The Labute approximate surface area is 424 Å². The zero-order chi connectivity index (χ0) is 52.1. The molecule has 4 amide bonds. The number of rotatable bonds is 28. The molecule has 0 spiro atoms. The molecule has 4 fully saturated rings. The lowest BCUT2D eigenvalue weighted by atomic mass is 9.43. The second kappa shape index (κ2) is 25.9. The van der Waals surface area contributed by atoms with Crippen molar-refractivity contribution in [3.05, 3.63) is 59.7 Å². The molecular weight excluding hydrogens is 897 g/mol. The Kier molecular flexibility index (Phi) is 20.9. The van der Waals surface area contributed by atoms with E-state index in [1.807, 2.05) is 19.1 Å². The van der Waals surface area contributed by atoms with Crippen molar-refractivity contribution in [3.63, 3.8) is 0 Å². The first kappa shape index (κ1) is 57.3. The molecule has 2 aromatic rings. The number of alkyl carbamates (subject to hydrolysis) is 1. The van der Waals surface area contributed by atoms with E-state index in [2.05, 4.69) is 80.2 Å². The summed E-state index contributed by atoms with van der Waals surface area (Å²) in [5.41, 5.74) is 9.31. The summed E-state index contributed by atoms with van der Waals surface area (Å²) in [6.45, 7) is 20.3. The molecule has 14 nitrogen and oxygen atoms in total. The van der Waals surface area contributed by atoms with E-state index in [9.17, 15) is 28.8 Å². The fraction of sp³-hybridized carbons (Fsp3) is 0.679. The van der Waals surface area contributed by atoms with E-state index in [-0.39, 0.29) is 72.6 Å². The summed E-state index contributed by atoms with van der Waals surface area (Å²) in [4.78, 5) is 80.6. The minimum absolute atomic E-state index is 0.00465. The normalized spacial score (nSPS) is 22.1. The number of ether oxygens (including phenoxy) is 1. The average Bonchev–Trinajstić information content (AvgIpc) is 3.69. The van der Waals surface area contributed by atoms with Crippen molar-refractivity contribution in [1.82, 2.24) is 21.3 Å². The lowest BCUT2D eigenvalue weighted by Crippen LogP contribution is -2.65. The van der Waals surface area contributed by atoms with Crippen LogP contribution in [0.2, 0.25) is 5.82 Å². The van der Waals surface area contributed by atoms with Crippen molar-refractivity contribution in [2.75, 3.05) is 13.1 Å². The molecule has 9 atom stereocenters. The van der Waals surface area contributed by atoms with Gasteiger partial charge in [0.1, 0.15) is 5.60 Å². The molecule has 4 aliphatic rings. The van der Waals surface area contributed by atoms with Crippen molar-refractivity contribution in [3.8, 4) is 11.1 Å². The van der Waals surface area contributed by atoms with Crippen molar-refractivity contribution in [2.24, 2.45) is 28.9 Å². The maximum atomic E-state index is 14.0. The van der Waals surface area contributed by atoms with E-state index < -0.39 is 54.7 Å². The number of aryl methyl sites for hydroxylation is 1. The molecule has 1 heterocycles. The van der Waals surface area contributed by atoms with Crippen LogP contribution in [0.25, 0.3) is 11.1 Å². The summed E-state index contributed by atoms with van der Waals surface area (Å²) >= 11 is 0. The van der Waals surface area contributed by atoms with Crippen molar-refractivity contribution in [1.29, 1.82) is 0 Å². The lowest BCUT2D eigenvalue weighted by Gasteiger charge is -2.64. The predicted molar refractivity (Wildman–Crippen MR) is 279 cm³/mol. The van der Waals surface area contributed by atoms with Crippen LogP contribution in [-0.4, -0.2) is 91.0 Å². The molecule has 3 aliphatic carbocycles. The van der Waals surface area contributed by atoms with Gasteiger partial charge >= 0.3 is 13.2 Å². The third-order valence-electron chi connectivity index (χ3n) is 15.3. The zero-order valence-electron chi connectivity index (χ0n) is 44.6. The van der Waals surface area contributed by atoms with E-state index in [0.29, 0.717) is 43.2 Å². The average molecular weight is 984 g/mol. The van der Waals surface area contributed by atoms with Crippen molar-refractivity contribution < 1.29 is 42.8 Å². The van der Waals surface area contributed by atoms with E-state index in [4.69, 9.17) is 19.8 Å². The number of carbonyl (C=O) groups excluding carboxylic acids is 6. The monoisotopic (exact) mass is 984 g/mol. The number of nitrogens with two attached hydrogens (primary N) is 1. The number of hydrogen-bond donors (Lipinski definition) is 5. The van der Waals surface area contributed by atoms with Gasteiger partial charge in [-0.05, 0) is 137 Å². The van der Waals surface area contributed by atoms with Gasteiger partial charge in [-0.15, -0.1) is 0 Å². The van der Waals surface area contributed by atoms with Crippen LogP contribution in [-0.2, 0) is 39.6 Å². The van der Waals surface area contributed by atoms with Crippen LogP contribution in [0.3, 0.4) is 0 Å². The Morgan fingerprint density at radius 1 is 0.746 bits per heavy atom. The number of amides is 4. The number of benzene rings is 2. The first-order valence-corrected chi connectivity index (χ1v) is 26.8. The molecule has 1 aliphatic heterocycles. The highest BCUT2D eigenvalue weighted by Crippen LogP contribution is 2.66. The topological polar surface area (TPSA) is 204 Å². The first-order chi connectivity index (χ1) is 33.6. The van der Waals surface area contributed by atoms with Crippen LogP contribution in [0, 0.1) is 23.2 Å². The minimum Gasteiger partial charge on any atom is -0.444 e. The second-order valence-corrected chi connectivity index (χ2v) is 22.6. The number of carbonyl (C=O) groups is 6. The lowest BCUT2D eigenvalue weighted by molar-refractivity contribution is -0.199. The molecule has 6 N–H and O–H groups in total. The maximum Gasteiger partial charge on any atom is 0.461 e. The third kappa shape index (κ3) is 15.9. The predicted octanol–water partition coefficient (Wildman–Crippen LogP) is 9.06. The summed E-state index contributed by atoms with van der Waals surface area (Å²) in [5.74, 6) is -1.66. The Balaban J connectivity index is 1.15. The van der Waals surface area contributed by atoms with E-state index in [1.54, 1.807) is 39.8 Å². The Morgan fingerprint density at radius 3 is 1.94 bits per heavy atom. The van der Waals surface area contributed by atoms with E-state index in [0.717, 1.165) is 62.5 Å². The van der Waals surface area contributed by atoms with Gasteiger partial charge in [0.15, 0.2) is 11.6 Å². The van der Waals surface area contributed by atoms with Gasteiger partial charge in [-0.1, -0.05) is 104 Å². The Bertz CT molecular complexity index is 2110. The summed E-state index contributed by atoms with van der Waals surface area (Å²) in [7, 11) is -0.507. The van der Waals surface area contributed by atoms with Crippen molar-refractivity contribution in [2.45, 2.75) is 207 Å². The number of nitrogens with one attached hydrogen (secondary N) is 4. The third-order valence-corrected chi connectivity index (χ3v) is 15.3. The smallest absolute Gasteiger partial charge is 0.444 e. The fourth-order valence-electron chi connectivity index (χ4n) is 10.7. The van der Waals surface area contributed by atoms with Gasteiger partial charge in [-0.25, -0.2) is 4.79 Å². The molecule has 3 saturated carbocycles. The summed E-state index contributed by atoms with van der Waals surface area (Å²) < 4.78 is 18.4. The summed E-state index contributed by atoms with van der Waals surface area (Å²) in [5, 5.41) is 11.4. The SMILES string of the molecule is CCCCC[C@H](NC(=O)[C@H](C)CC(=O)[C@H](CCCCNC(=O)c1ccc(-c2ccc(CCCC)cc2)cc1)NC(=O)[C@@H](N)CCNC(=O)OC(C)(C)C)C(=O)C[C@@H](C)B1OC2C[C@@H]3C[C@@H](C3(C)C)[C@]2(C)O1. The molecule has 2 bridgehead atoms. The van der Waals surface area contributed by atoms with E-state index in [1.165, 1.54) is 5.56 Å². The number of ketones is 2. The fourth-order valence-corrected chi connectivity index (χ4v) is 10.7. The van der Waals surface area contributed by atoms with Gasteiger partial charge in [0, 0.05) is 37.4 Å². The van der Waals surface area contributed by atoms with Crippen molar-refractivity contribution >= 4 is 42.5 Å². The Hall–Kier alpha value is -4.60. The van der Waals surface area contributed by atoms with Gasteiger partial charge in [-0.2, -0.15) is 0 Å². The molecular formula is C56H86BN5O9.